The van der Waals surface area contributed by atoms with Crippen LogP contribution in [0.15, 0.2) is 12.1 Å². The fourth-order valence-electron chi connectivity index (χ4n) is 3.14. The number of benzene rings is 1. The number of ether oxygens (including phenoxy) is 1. The molecule has 1 fully saturated rings. The van der Waals surface area contributed by atoms with Gasteiger partial charge in [-0.25, -0.2) is 0 Å². The molecule has 0 bridgehead atoms. The van der Waals surface area contributed by atoms with E-state index in [0.29, 0.717) is 12.2 Å². The Morgan fingerprint density at radius 3 is 2.89 bits per heavy atom. The summed E-state index contributed by atoms with van der Waals surface area (Å²) in [5, 5.41) is 3.39. The second-order valence-corrected chi connectivity index (χ2v) is 5.44. The molecule has 3 rings (SSSR count). The Bertz CT molecular complexity index is 493. The summed E-state index contributed by atoms with van der Waals surface area (Å²) in [5.74, 6) is 1.08. The van der Waals surface area contributed by atoms with Crippen molar-refractivity contribution in [2.24, 2.45) is 11.7 Å². The molecule has 0 aliphatic carbocycles. The Morgan fingerprint density at radius 1 is 1.37 bits per heavy atom. The molecule has 1 aromatic rings. The maximum atomic E-state index is 11.4. The summed E-state index contributed by atoms with van der Waals surface area (Å²) in [5.41, 5.74) is 8.46. The van der Waals surface area contributed by atoms with E-state index >= 15 is 0 Å². The number of hydrogen-bond acceptors (Lipinski definition) is 3. The molecule has 0 aromatic heterocycles. The van der Waals surface area contributed by atoms with Crippen molar-refractivity contribution in [3.63, 3.8) is 0 Å². The smallest absolute Gasteiger partial charge is 0.252 e. The van der Waals surface area contributed by atoms with E-state index in [4.69, 9.17) is 10.5 Å². The molecule has 4 nitrogen and oxygen atoms in total. The van der Waals surface area contributed by atoms with Gasteiger partial charge in [-0.2, -0.15) is 0 Å². The summed E-state index contributed by atoms with van der Waals surface area (Å²) in [4.78, 5) is 11.4. The average molecular weight is 260 g/mol. The number of carbonyl (C=O) groups excluding carboxylic acids is 1. The van der Waals surface area contributed by atoms with Gasteiger partial charge in [0.1, 0.15) is 5.75 Å². The highest BCUT2D eigenvalue weighted by Gasteiger charge is 2.24. The molecule has 1 saturated heterocycles. The third-order valence-electron chi connectivity index (χ3n) is 4.19. The first-order valence-electron chi connectivity index (χ1n) is 7.04. The molecule has 0 saturated carbocycles. The van der Waals surface area contributed by atoms with Crippen LogP contribution in [0, 0.1) is 5.92 Å². The highest BCUT2D eigenvalue weighted by atomic mass is 16.5. The van der Waals surface area contributed by atoms with Crippen molar-refractivity contribution < 1.29 is 9.53 Å². The Hall–Kier alpha value is -1.55. The third kappa shape index (κ3) is 2.45. The zero-order valence-electron chi connectivity index (χ0n) is 11.1. The van der Waals surface area contributed by atoms with Gasteiger partial charge in [0.2, 0.25) is 0 Å². The molecule has 4 heteroatoms. The number of primary amides is 1. The van der Waals surface area contributed by atoms with Crippen LogP contribution in [0.25, 0.3) is 0 Å². The Kier molecular flexibility index (Phi) is 3.42. The van der Waals surface area contributed by atoms with E-state index in [-0.39, 0.29) is 0 Å². The fraction of sp³-hybridized carbons (Fsp3) is 0.533. The molecule has 2 heterocycles. The van der Waals surface area contributed by atoms with Crippen LogP contribution in [0.4, 0.5) is 0 Å². The van der Waals surface area contributed by atoms with Crippen LogP contribution >= 0.6 is 0 Å². The van der Waals surface area contributed by atoms with Crippen LogP contribution < -0.4 is 15.8 Å². The number of amides is 1. The van der Waals surface area contributed by atoms with Crippen LogP contribution in [-0.2, 0) is 12.8 Å². The topological polar surface area (TPSA) is 64.4 Å². The lowest BCUT2D eigenvalue weighted by atomic mass is 9.88. The molecule has 1 aromatic carbocycles. The van der Waals surface area contributed by atoms with Gasteiger partial charge in [0.15, 0.2) is 0 Å². The maximum absolute atomic E-state index is 11.4. The largest absolute Gasteiger partial charge is 0.492 e. The van der Waals surface area contributed by atoms with E-state index in [1.54, 1.807) is 0 Å². The van der Waals surface area contributed by atoms with Crippen molar-refractivity contribution in [1.29, 1.82) is 0 Å². The average Bonchev–Trinajstić information content (AvgIpc) is 2.89. The quantitative estimate of drug-likeness (QED) is 0.860. The van der Waals surface area contributed by atoms with Gasteiger partial charge in [0, 0.05) is 12.0 Å². The van der Waals surface area contributed by atoms with Crippen molar-refractivity contribution >= 4 is 5.91 Å². The normalized spacial score (nSPS) is 18.9. The number of piperidine rings is 1. The van der Waals surface area contributed by atoms with Crippen molar-refractivity contribution in [2.45, 2.75) is 25.7 Å². The summed E-state index contributed by atoms with van der Waals surface area (Å²) in [6.07, 6.45) is 4.45. The second kappa shape index (κ2) is 5.21. The van der Waals surface area contributed by atoms with Gasteiger partial charge in [-0.15, -0.1) is 0 Å². The van der Waals surface area contributed by atoms with E-state index in [1.807, 2.05) is 6.07 Å². The first-order chi connectivity index (χ1) is 9.25. The van der Waals surface area contributed by atoms with Crippen molar-refractivity contribution in [2.75, 3.05) is 19.7 Å². The van der Waals surface area contributed by atoms with E-state index < -0.39 is 5.91 Å². The van der Waals surface area contributed by atoms with E-state index in [1.165, 1.54) is 24.0 Å². The minimum Gasteiger partial charge on any atom is -0.492 e. The predicted molar refractivity (Wildman–Crippen MR) is 73.5 cm³/mol. The Morgan fingerprint density at radius 2 is 2.16 bits per heavy atom. The monoisotopic (exact) mass is 260 g/mol. The summed E-state index contributed by atoms with van der Waals surface area (Å²) in [6.45, 7) is 2.89. The lowest BCUT2D eigenvalue weighted by Crippen LogP contribution is -2.28. The molecule has 0 radical (unpaired) electrons. The molecule has 2 aliphatic rings. The summed E-state index contributed by atoms with van der Waals surface area (Å²) in [7, 11) is 0. The molecule has 3 N–H and O–H groups in total. The Labute approximate surface area is 113 Å². The lowest BCUT2D eigenvalue weighted by Gasteiger charge is -2.23. The molecule has 0 unspecified atom stereocenters. The number of rotatable bonds is 3. The van der Waals surface area contributed by atoms with E-state index in [2.05, 4.69) is 11.4 Å². The number of fused-ring (bicyclic) bond motifs is 1. The zero-order chi connectivity index (χ0) is 13.2. The number of carbonyl (C=O) groups is 1. The molecular weight excluding hydrogens is 240 g/mol. The van der Waals surface area contributed by atoms with Crippen LogP contribution in [-0.4, -0.2) is 25.6 Å². The van der Waals surface area contributed by atoms with Gasteiger partial charge in [-0.05, 0) is 49.9 Å². The van der Waals surface area contributed by atoms with Gasteiger partial charge >= 0.3 is 0 Å². The van der Waals surface area contributed by atoms with E-state index in [0.717, 1.165) is 37.6 Å². The fourth-order valence-corrected chi connectivity index (χ4v) is 3.14. The first-order valence-corrected chi connectivity index (χ1v) is 7.04. The summed E-state index contributed by atoms with van der Waals surface area (Å²) >= 11 is 0. The molecule has 0 atom stereocenters. The minimum absolute atomic E-state index is 0.397. The van der Waals surface area contributed by atoms with Crippen LogP contribution in [0.1, 0.15) is 34.3 Å². The van der Waals surface area contributed by atoms with Crippen molar-refractivity contribution in [3.05, 3.63) is 28.8 Å². The molecule has 1 amide bonds. The van der Waals surface area contributed by atoms with Crippen molar-refractivity contribution in [3.8, 4) is 5.75 Å². The molecule has 2 aliphatic heterocycles. The summed E-state index contributed by atoms with van der Waals surface area (Å²) in [6, 6.07) is 3.89. The number of hydrogen-bond donors (Lipinski definition) is 2. The molecule has 0 spiro atoms. The highest BCUT2D eigenvalue weighted by molar-refractivity contribution is 5.96. The van der Waals surface area contributed by atoms with Crippen LogP contribution in [0.2, 0.25) is 0 Å². The van der Waals surface area contributed by atoms with Crippen LogP contribution in [0.3, 0.4) is 0 Å². The van der Waals surface area contributed by atoms with Gasteiger partial charge in [0.05, 0.1) is 12.2 Å². The van der Waals surface area contributed by atoms with Gasteiger partial charge in [-0.1, -0.05) is 6.07 Å². The maximum Gasteiger partial charge on any atom is 0.252 e. The first kappa shape index (κ1) is 12.5. The standard InChI is InChI=1S/C15H20N2O2/c16-15(18)13-2-1-11(12-5-8-19-14(12)13)9-10-3-6-17-7-4-10/h1-2,10,17H,3-9H2,(H2,16,18). The van der Waals surface area contributed by atoms with Crippen LogP contribution in [0.5, 0.6) is 5.75 Å². The van der Waals surface area contributed by atoms with Gasteiger partial charge < -0.3 is 15.8 Å². The second-order valence-electron chi connectivity index (χ2n) is 5.44. The van der Waals surface area contributed by atoms with Crippen molar-refractivity contribution in [1.82, 2.24) is 5.32 Å². The molecule has 102 valence electrons. The summed E-state index contributed by atoms with van der Waals surface area (Å²) < 4.78 is 5.61. The van der Waals surface area contributed by atoms with Gasteiger partial charge in [0.25, 0.3) is 5.91 Å². The lowest BCUT2D eigenvalue weighted by molar-refractivity contribution is 0.0997. The predicted octanol–water partition coefficient (Wildman–Crippen LogP) is 1.26. The third-order valence-corrected chi connectivity index (χ3v) is 4.19. The molecule has 19 heavy (non-hydrogen) atoms. The van der Waals surface area contributed by atoms with E-state index in [9.17, 15) is 4.79 Å². The SMILES string of the molecule is NC(=O)c1ccc(CC2CCNCC2)c2c1OCC2. The van der Waals surface area contributed by atoms with Gasteiger partial charge in [-0.3, -0.25) is 4.79 Å². The highest BCUT2D eigenvalue weighted by Crippen LogP contribution is 2.34. The number of nitrogens with two attached hydrogens (primary N) is 1. The molecular formula is C15H20N2O2. The zero-order valence-corrected chi connectivity index (χ0v) is 11.1. The Balaban J connectivity index is 1.86. The number of nitrogens with one attached hydrogen (secondary N) is 1. The minimum atomic E-state index is -0.397.